The summed E-state index contributed by atoms with van der Waals surface area (Å²) in [6.45, 7) is 14.3. The molecule has 2 unspecified atom stereocenters. The number of aromatic nitrogens is 2. The van der Waals surface area contributed by atoms with Crippen molar-refractivity contribution in [2.45, 2.75) is 66.0 Å². The summed E-state index contributed by atoms with van der Waals surface area (Å²) in [5, 5.41) is 8.20. The predicted molar refractivity (Wildman–Crippen MR) is 77.9 cm³/mol. The molecular formula is C15H29N3. The maximum atomic E-state index is 4.65. The zero-order valence-corrected chi connectivity index (χ0v) is 12.8. The Morgan fingerprint density at radius 1 is 1.33 bits per heavy atom. The van der Waals surface area contributed by atoms with Gasteiger partial charge in [-0.2, -0.15) is 5.10 Å². The van der Waals surface area contributed by atoms with E-state index in [0.717, 1.165) is 19.4 Å². The number of rotatable bonds is 6. The van der Waals surface area contributed by atoms with Crippen LogP contribution in [-0.2, 0) is 6.42 Å². The van der Waals surface area contributed by atoms with Crippen LogP contribution in [0.15, 0.2) is 12.3 Å². The van der Waals surface area contributed by atoms with E-state index in [1.54, 1.807) is 0 Å². The van der Waals surface area contributed by atoms with E-state index >= 15 is 0 Å². The summed E-state index contributed by atoms with van der Waals surface area (Å²) in [4.78, 5) is 0. The van der Waals surface area contributed by atoms with Crippen molar-refractivity contribution in [1.29, 1.82) is 0 Å². The first kappa shape index (κ1) is 15.2. The third-order valence-electron chi connectivity index (χ3n) is 3.24. The van der Waals surface area contributed by atoms with Gasteiger partial charge in [0.05, 0.1) is 5.69 Å². The molecule has 0 amide bonds. The second kappa shape index (κ2) is 6.37. The number of nitrogens with zero attached hydrogens (tertiary/aromatic N) is 2. The molecular weight excluding hydrogens is 222 g/mol. The molecule has 0 saturated heterocycles. The molecule has 1 heterocycles. The van der Waals surface area contributed by atoms with E-state index in [4.69, 9.17) is 0 Å². The molecule has 1 aromatic rings. The standard InChI is InChI=1S/C15H29N3/c1-7-13(3)18-9-8-14(17-18)10-12(2)11-16-15(4,5)6/h8-9,12-13,16H,7,10-11H2,1-6H3. The summed E-state index contributed by atoms with van der Waals surface area (Å²) >= 11 is 0. The van der Waals surface area contributed by atoms with Crippen molar-refractivity contribution in [2.24, 2.45) is 5.92 Å². The molecule has 0 saturated carbocycles. The maximum absolute atomic E-state index is 4.65. The van der Waals surface area contributed by atoms with Crippen molar-refractivity contribution in [1.82, 2.24) is 15.1 Å². The van der Waals surface area contributed by atoms with Gasteiger partial charge in [-0.1, -0.05) is 13.8 Å². The van der Waals surface area contributed by atoms with E-state index in [9.17, 15) is 0 Å². The predicted octanol–water partition coefficient (Wildman–Crippen LogP) is 3.42. The van der Waals surface area contributed by atoms with Crippen molar-refractivity contribution in [2.75, 3.05) is 6.54 Å². The van der Waals surface area contributed by atoms with Crippen LogP contribution in [0.3, 0.4) is 0 Å². The Morgan fingerprint density at radius 2 is 2.00 bits per heavy atom. The molecule has 1 rings (SSSR count). The lowest BCUT2D eigenvalue weighted by atomic mass is 10.0. The fourth-order valence-corrected chi connectivity index (χ4v) is 1.83. The summed E-state index contributed by atoms with van der Waals surface area (Å²) in [5.74, 6) is 0.615. The van der Waals surface area contributed by atoms with E-state index in [2.05, 4.69) is 68.9 Å². The van der Waals surface area contributed by atoms with Gasteiger partial charge in [0.15, 0.2) is 0 Å². The summed E-state index contributed by atoms with van der Waals surface area (Å²) in [5.41, 5.74) is 1.41. The summed E-state index contributed by atoms with van der Waals surface area (Å²) in [6.07, 6.45) is 4.28. The zero-order valence-electron chi connectivity index (χ0n) is 12.8. The lowest BCUT2D eigenvalue weighted by Gasteiger charge is -2.23. The average molecular weight is 251 g/mol. The smallest absolute Gasteiger partial charge is 0.0627 e. The van der Waals surface area contributed by atoms with Gasteiger partial charge in [0.25, 0.3) is 0 Å². The molecule has 1 N–H and O–H groups in total. The van der Waals surface area contributed by atoms with Crippen LogP contribution in [0.2, 0.25) is 0 Å². The average Bonchev–Trinajstić information content (AvgIpc) is 2.73. The Kier molecular flexibility index (Phi) is 5.39. The summed E-state index contributed by atoms with van der Waals surface area (Å²) in [7, 11) is 0. The van der Waals surface area contributed by atoms with E-state index in [1.807, 2.05) is 0 Å². The van der Waals surface area contributed by atoms with Crippen molar-refractivity contribution < 1.29 is 0 Å². The Hall–Kier alpha value is -0.830. The fraction of sp³-hybridized carbons (Fsp3) is 0.800. The largest absolute Gasteiger partial charge is 0.312 e. The minimum Gasteiger partial charge on any atom is -0.312 e. The van der Waals surface area contributed by atoms with Gasteiger partial charge in [-0.15, -0.1) is 0 Å². The first-order chi connectivity index (χ1) is 8.31. The normalized spacial score (nSPS) is 15.7. The van der Waals surface area contributed by atoms with Crippen molar-refractivity contribution in [3.8, 4) is 0 Å². The van der Waals surface area contributed by atoms with E-state index < -0.39 is 0 Å². The monoisotopic (exact) mass is 251 g/mol. The molecule has 0 aromatic carbocycles. The Labute approximate surface area is 112 Å². The van der Waals surface area contributed by atoms with Crippen LogP contribution in [0.5, 0.6) is 0 Å². The molecule has 3 heteroatoms. The SMILES string of the molecule is CCC(C)n1ccc(CC(C)CNC(C)(C)C)n1. The van der Waals surface area contributed by atoms with E-state index in [0.29, 0.717) is 12.0 Å². The van der Waals surface area contributed by atoms with Gasteiger partial charge < -0.3 is 5.32 Å². The van der Waals surface area contributed by atoms with Gasteiger partial charge in [0.2, 0.25) is 0 Å². The topological polar surface area (TPSA) is 29.9 Å². The lowest BCUT2D eigenvalue weighted by Crippen LogP contribution is -2.39. The Bertz CT molecular complexity index is 349. The molecule has 0 bridgehead atoms. The van der Waals surface area contributed by atoms with Crippen LogP contribution in [0.1, 0.15) is 59.7 Å². The van der Waals surface area contributed by atoms with Gasteiger partial charge in [-0.3, -0.25) is 4.68 Å². The molecule has 3 nitrogen and oxygen atoms in total. The molecule has 2 atom stereocenters. The Morgan fingerprint density at radius 3 is 2.56 bits per heavy atom. The lowest BCUT2D eigenvalue weighted by molar-refractivity contribution is 0.379. The maximum Gasteiger partial charge on any atom is 0.0627 e. The number of nitrogens with one attached hydrogen (secondary N) is 1. The first-order valence-corrected chi connectivity index (χ1v) is 7.11. The van der Waals surface area contributed by atoms with E-state index in [1.165, 1.54) is 5.69 Å². The molecule has 0 fully saturated rings. The van der Waals surface area contributed by atoms with Gasteiger partial charge in [-0.25, -0.2) is 0 Å². The van der Waals surface area contributed by atoms with Crippen LogP contribution in [0, 0.1) is 5.92 Å². The van der Waals surface area contributed by atoms with Crippen LogP contribution >= 0.6 is 0 Å². The molecule has 0 aliphatic carbocycles. The van der Waals surface area contributed by atoms with Gasteiger partial charge in [-0.05, 0) is 59.1 Å². The van der Waals surface area contributed by atoms with Crippen LogP contribution in [-0.4, -0.2) is 21.9 Å². The highest BCUT2D eigenvalue weighted by atomic mass is 15.3. The van der Waals surface area contributed by atoms with Crippen LogP contribution in [0.25, 0.3) is 0 Å². The highest BCUT2D eigenvalue weighted by Crippen LogP contribution is 2.12. The van der Waals surface area contributed by atoms with Gasteiger partial charge in [0.1, 0.15) is 0 Å². The highest BCUT2D eigenvalue weighted by molar-refractivity contribution is 5.01. The third kappa shape index (κ3) is 5.21. The molecule has 0 radical (unpaired) electrons. The molecule has 18 heavy (non-hydrogen) atoms. The van der Waals surface area contributed by atoms with Crippen LogP contribution < -0.4 is 5.32 Å². The highest BCUT2D eigenvalue weighted by Gasteiger charge is 2.13. The molecule has 0 aliphatic heterocycles. The first-order valence-electron chi connectivity index (χ1n) is 7.11. The number of hydrogen-bond donors (Lipinski definition) is 1. The van der Waals surface area contributed by atoms with Crippen molar-refractivity contribution in [3.63, 3.8) is 0 Å². The minimum atomic E-state index is 0.199. The molecule has 0 aliphatic rings. The molecule has 104 valence electrons. The second-order valence-corrected chi connectivity index (χ2v) is 6.48. The van der Waals surface area contributed by atoms with Gasteiger partial charge in [0, 0.05) is 17.8 Å². The quantitative estimate of drug-likeness (QED) is 0.839. The summed E-state index contributed by atoms with van der Waals surface area (Å²) in [6, 6.07) is 2.65. The van der Waals surface area contributed by atoms with Gasteiger partial charge >= 0.3 is 0 Å². The summed E-state index contributed by atoms with van der Waals surface area (Å²) < 4.78 is 2.08. The zero-order chi connectivity index (χ0) is 13.8. The minimum absolute atomic E-state index is 0.199. The van der Waals surface area contributed by atoms with Crippen LogP contribution in [0.4, 0.5) is 0 Å². The second-order valence-electron chi connectivity index (χ2n) is 6.48. The molecule has 1 aromatic heterocycles. The molecule has 0 spiro atoms. The van der Waals surface area contributed by atoms with E-state index in [-0.39, 0.29) is 5.54 Å². The van der Waals surface area contributed by atoms with Crippen molar-refractivity contribution in [3.05, 3.63) is 18.0 Å². The third-order valence-corrected chi connectivity index (χ3v) is 3.24. The number of hydrogen-bond acceptors (Lipinski definition) is 2. The Balaban J connectivity index is 2.44. The fourth-order valence-electron chi connectivity index (χ4n) is 1.83. The van der Waals surface area contributed by atoms with Crippen molar-refractivity contribution >= 4 is 0 Å².